The van der Waals surface area contributed by atoms with Crippen molar-refractivity contribution in [3.05, 3.63) is 17.0 Å². The molecule has 2 heterocycles. The maximum Gasteiger partial charge on any atom is 0.339 e. The van der Waals surface area contributed by atoms with Crippen molar-refractivity contribution in [2.24, 2.45) is 5.14 Å². The SMILES string of the molecule is NS(=O)(=O)c1cc(C(=O)OCC(=O)N2CCCCCC2)cs1. The molecule has 0 aromatic carbocycles. The Hall–Kier alpha value is -1.45. The number of amides is 1. The van der Waals surface area contributed by atoms with E-state index in [0.717, 1.165) is 43.1 Å². The average molecular weight is 346 g/mol. The largest absolute Gasteiger partial charge is 0.452 e. The maximum absolute atomic E-state index is 12.0. The highest BCUT2D eigenvalue weighted by atomic mass is 32.2. The van der Waals surface area contributed by atoms with E-state index in [1.807, 2.05) is 0 Å². The molecule has 1 aliphatic rings. The average Bonchev–Trinajstić information content (AvgIpc) is 2.81. The number of sulfonamides is 1. The fraction of sp³-hybridized carbons (Fsp3) is 0.538. The van der Waals surface area contributed by atoms with Crippen LogP contribution in [0.25, 0.3) is 0 Å². The van der Waals surface area contributed by atoms with Crippen LogP contribution in [0, 0.1) is 0 Å². The Balaban J connectivity index is 1.89. The molecular formula is C13H18N2O5S2. The van der Waals surface area contributed by atoms with E-state index in [2.05, 4.69) is 0 Å². The highest BCUT2D eigenvalue weighted by Crippen LogP contribution is 2.19. The zero-order valence-corrected chi connectivity index (χ0v) is 13.6. The monoisotopic (exact) mass is 346 g/mol. The third kappa shape index (κ3) is 4.52. The summed E-state index contributed by atoms with van der Waals surface area (Å²) in [5, 5.41) is 6.32. The predicted octanol–water partition coefficient (Wildman–Crippen LogP) is 0.955. The molecule has 0 atom stereocenters. The molecule has 0 radical (unpaired) electrons. The number of primary sulfonamides is 1. The first kappa shape index (κ1) is 16.9. The Kier molecular flexibility index (Phi) is 5.54. The first-order chi connectivity index (χ1) is 10.4. The normalized spacial score (nSPS) is 16.1. The molecule has 0 unspecified atom stereocenters. The number of nitrogens with two attached hydrogens (primary N) is 1. The van der Waals surface area contributed by atoms with E-state index in [0.29, 0.717) is 13.1 Å². The van der Waals surface area contributed by atoms with Crippen molar-refractivity contribution in [1.82, 2.24) is 4.90 Å². The van der Waals surface area contributed by atoms with Crippen LogP contribution in [0.15, 0.2) is 15.7 Å². The number of carbonyl (C=O) groups is 2. The lowest BCUT2D eigenvalue weighted by Gasteiger charge is -2.19. The lowest BCUT2D eigenvalue weighted by Crippen LogP contribution is -2.35. The molecule has 2 N–H and O–H groups in total. The number of thiophene rings is 1. The van der Waals surface area contributed by atoms with Crippen LogP contribution in [0.1, 0.15) is 36.0 Å². The number of rotatable bonds is 4. The second-order valence-corrected chi connectivity index (χ2v) is 7.77. The minimum atomic E-state index is -3.83. The maximum atomic E-state index is 12.0. The standard InChI is InChI=1S/C13H18N2O5S2/c14-22(18,19)12-7-10(9-21-12)13(17)20-8-11(16)15-5-3-1-2-4-6-15/h7,9H,1-6,8H2,(H2,14,18,19). The van der Waals surface area contributed by atoms with Crippen LogP contribution in [0.4, 0.5) is 0 Å². The number of hydrogen-bond acceptors (Lipinski definition) is 6. The van der Waals surface area contributed by atoms with Gasteiger partial charge in [0.25, 0.3) is 5.91 Å². The van der Waals surface area contributed by atoms with Crippen molar-refractivity contribution in [2.75, 3.05) is 19.7 Å². The van der Waals surface area contributed by atoms with Gasteiger partial charge in [-0.1, -0.05) is 12.8 Å². The summed E-state index contributed by atoms with van der Waals surface area (Å²) < 4.78 is 27.1. The minimum Gasteiger partial charge on any atom is -0.452 e. The van der Waals surface area contributed by atoms with Gasteiger partial charge in [-0.05, 0) is 18.9 Å². The van der Waals surface area contributed by atoms with E-state index < -0.39 is 16.0 Å². The van der Waals surface area contributed by atoms with Gasteiger partial charge < -0.3 is 9.64 Å². The molecule has 122 valence electrons. The molecule has 0 aliphatic carbocycles. The molecule has 0 saturated carbocycles. The molecule has 9 heteroatoms. The second-order valence-electron chi connectivity index (χ2n) is 5.07. The lowest BCUT2D eigenvalue weighted by molar-refractivity contribution is -0.134. The fourth-order valence-electron chi connectivity index (χ4n) is 2.19. The first-order valence-electron chi connectivity index (χ1n) is 6.94. The topological polar surface area (TPSA) is 107 Å². The molecule has 1 amide bonds. The van der Waals surface area contributed by atoms with Crippen LogP contribution in [0.3, 0.4) is 0 Å². The molecular weight excluding hydrogens is 328 g/mol. The molecule has 2 rings (SSSR count). The van der Waals surface area contributed by atoms with Crippen molar-refractivity contribution >= 4 is 33.2 Å². The van der Waals surface area contributed by atoms with Crippen LogP contribution in [-0.4, -0.2) is 44.9 Å². The number of ether oxygens (including phenoxy) is 1. The highest BCUT2D eigenvalue weighted by molar-refractivity contribution is 7.91. The van der Waals surface area contributed by atoms with Gasteiger partial charge in [-0.2, -0.15) is 0 Å². The fourth-order valence-corrected chi connectivity index (χ4v) is 3.77. The molecule has 1 saturated heterocycles. The van der Waals surface area contributed by atoms with Crippen LogP contribution >= 0.6 is 11.3 Å². The van der Waals surface area contributed by atoms with E-state index >= 15 is 0 Å². The molecule has 0 bridgehead atoms. The van der Waals surface area contributed by atoms with Gasteiger partial charge in [-0.3, -0.25) is 4.79 Å². The van der Waals surface area contributed by atoms with Gasteiger partial charge >= 0.3 is 5.97 Å². The van der Waals surface area contributed by atoms with Crippen molar-refractivity contribution in [1.29, 1.82) is 0 Å². The third-order valence-corrected chi connectivity index (χ3v) is 5.76. The predicted molar refractivity (Wildman–Crippen MR) is 81.0 cm³/mol. The Labute approximate surface area is 133 Å². The summed E-state index contributed by atoms with van der Waals surface area (Å²) in [4.78, 5) is 25.5. The Morgan fingerprint density at radius 2 is 1.86 bits per heavy atom. The van der Waals surface area contributed by atoms with E-state index in [1.165, 1.54) is 5.38 Å². The van der Waals surface area contributed by atoms with E-state index in [1.54, 1.807) is 4.90 Å². The van der Waals surface area contributed by atoms with Gasteiger partial charge in [0, 0.05) is 18.5 Å². The van der Waals surface area contributed by atoms with Crippen LogP contribution < -0.4 is 5.14 Å². The molecule has 0 spiro atoms. The van der Waals surface area contributed by atoms with E-state index in [4.69, 9.17) is 9.88 Å². The summed E-state index contributed by atoms with van der Waals surface area (Å²) >= 11 is 0.841. The van der Waals surface area contributed by atoms with Crippen LogP contribution in [0.2, 0.25) is 0 Å². The van der Waals surface area contributed by atoms with Crippen molar-refractivity contribution in [3.8, 4) is 0 Å². The number of likely N-dealkylation sites (tertiary alicyclic amines) is 1. The summed E-state index contributed by atoms with van der Waals surface area (Å²) in [6, 6.07) is 1.15. The highest BCUT2D eigenvalue weighted by Gasteiger charge is 2.20. The molecule has 1 aliphatic heterocycles. The van der Waals surface area contributed by atoms with Gasteiger partial charge in [0.05, 0.1) is 5.56 Å². The van der Waals surface area contributed by atoms with Crippen LogP contribution in [0.5, 0.6) is 0 Å². The van der Waals surface area contributed by atoms with Crippen molar-refractivity contribution in [2.45, 2.75) is 29.9 Å². The molecule has 1 aromatic heterocycles. The van der Waals surface area contributed by atoms with Gasteiger partial charge in [-0.15, -0.1) is 11.3 Å². The second kappa shape index (κ2) is 7.21. The van der Waals surface area contributed by atoms with Crippen molar-refractivity contribution in [3.63, 3.8) is 0 Å². The minimum absolute atomic E-state index is 0.0812. The summed E-state index contributed by atoms with van der Waals surface area (Å²) in [7, 11) is -3.83. The van der Waals surface area contributed by atoms with Gasteiger partial charge in [0.1, 0.15) is 4.21 Å². The number of esters is 1. The summed E-state index contributed by atoms with van der Waals surface area (Å²) in [5.74, 6) is -0.952. The zero-order valence-electron chi connectivity index (χ0n) is 12.0. The summed E-state index contributed by atoms with van der Waals surface area (Å²) in [5.41, 5.74) is 0.0812. The van der Waals surface area contributed by atoms with Crippen molar-refractivity contribution < 1.29 is 22.7 Å². The first-order valence-corrected chi connectivity index (χ1v) is 9.37. The van der Waals surface area contributed by atoms with Gasteiger partial charge in [0.2, 0.25) is 10.0 Å². The number of hydrogen-bond donors (Lipinski definition) is 1. The summed E-state index contributed by atoms with van der Waals surface area (Å²) in [6.07, 6.45) is 4.13. The summed E-state index contributed by atoms with van der Waals surface area (Å²) in [6.45, 7) is 1.04. The van der Waals surface area contributed by atoms with Gasteiger partial charge in [-0.25, -0.2) is 18.4 Å². The van der Waals surface area contributed by atoms with E-state index in [9.17, 15) is 18.0 Å². The van der Waals surface area contributed by atoms with E-state index in [-0.39, 0.29) is 22.3 Å². The third-order valence-electron chi connectivity index (χ3n) is 3.38. The molecule has 1 aromatic rings. The Morgan fingerprint density at radius 1 is 1.23 bits per heavy atom. The number of nitrogens with zero attached hydrogens (tertiary/aromatic N) is 1. The Bertz CT molecular complexity index is 645. The van der Waals surface area contributed by atoms with Gasteiger partial charge in [0.15, 0.2) is 6.61 Å². The van der Waals surface area contributed by atoms with Crippen LogP contribution in [-0.2, 0) is 19.6 Å². The lowest BCUT2D eigenvalue weighted by atomic mass is 10.2. The Morgan fingerprint density at radius 3 is 2.41 bits per heavy atom. The molecule has 7 nitrogen and oxygen atoms in total. The zero-order chi connectivity index (χ0) is 16.2. The molecule has 22 heavy (non-hydrogen) atoms. The number of carbonyl (C=O) groups excluding carboxylic acids is 2. The quantitative estimate of drug-likeness (QED) is 0.817. The smallest absolute Gasteiger partial charge is 0.339 e. The molecule has 1 fully saturated rings.